The number of anilines is 1. The smallest absolute Gasteiger partial charge is 0.228 e. The van der Waals surface area contributed by atoms with Crippen molar-refractivity contribution in [2.45, 2.75) is 13.3 Å². The minimum atomic E-state index is -0.0688. The Balaban J connectivity index is 2.01. The Morgan fingerprint density at radius 3 is 2.89 bits per heavy atom. The number of aryl methyl sites for hydroxylation is 1. The average molecular weight is 256 g/mol. The maximum absolute atomic E-state index is 11.9. The summed E-state index contributed by atoms with van der Waals surface area (Å²) in [4.78, 5) is 16.0. The number of methoxy groups -OCH3 is 1. The van der Waals surface area contributed by atoms with Gasteiger partial charge < -0.3 is 10.1 Å². The summed E-state index contributed by atoms with van der Waals surface area (Å²) >= 11 is 0. The molecule has 0 bridgehead atoms. The molecule has 0 saturated carbocycles. The highest BCUT2D eigenvalue weighted by molar-refractivity contribution is 5.92. The van der Waals surface area contributed by atoms with Crippen LogP contribution in [0.4, 0.5) is 5.69 Å². The second-order valence-corrected chi connectivity index (χ2v) is 4.33. The van der Waals surface area contributed by atoms with Crippen LogP contribution in [0.15, 0.2) is 42.7 Å². The molecule has 19 heavy (non-hydrogen) atoms. The second-order valence-electron chi connectivity index (χ2n) is 4.33. The van der Waals surface area contributed by atoms with Crippen LogP contribution in [-0.4, -0.2) is 18.0 Å². The van der Waals surface area contributed by atoms with E-state index in [1.54, 1.807) is 19.5 Å². The van der Waals surface area contributed by atoms with E-state index in [9.17, 15) is 4.79 Å². The summed E-state index contributed by atoms with van der Waals surface area (Å²) in [6.45, 7) is 1.94. The molecule has 0 spiro atoms. The lowest BCUT2D eigenvalue weighted by molar-refractivity contribution is -0.115. The Labute approximate surface area is 112 Å². The van der Waals surface area contributed by atoms with Crippen molar-refractivity contribution in [3.63, 3.8) is 0 Å². The lowest BCUT2D eigenvalue weighted by atomic mass is 10.1. The molecule has 1 heterocycles. The fourth-order valence-electron chi connectivity index (χ4n) is 1.80. The molecule has 0 aliphatic carbocycles. The maximum atomic E-state index is 11.9. The van der Waals surface area contributed by atoms with Gasteiger partial charge in [0.2, 0.25) is 5.91 Å². The van der Waals surface area contributed by atoms with Gasteiger partial charge in [0, 0.05) is 6.20 Å². The van der Waals surface area contributed by atoms with Crippen molar-refractivity contribution in [2.75, 3.05) is 12.4 Å². The van der Waals surface area contributed by atoms with E-state index in [0.717, 1.165) is 16.9 Å². The van der Waals surface area contributed by atoms with Crippen LogP contribution in [0.2, 0.25) is 0 Å². The van der Waals surface area contributed by atoms with E-state index in [1.807, 2.05) is 37.3 Å². The molecule has 0 unspecified atom stereocenters. The first-order valence-corrected chi connectivity index (χ1v) is 6.02. The zero-order valence-electron chi connectivity index (χ0n) is 11.0. The number of rotatable bonds is 4. The van der Waals surface area contributed by atoms with Crippen LogP contribution in [0.3, 0.4) is 0 Å². The molecule has 4 nitrogen and oxygen atoms in total. The third-order valence-electron chi connectivity index (χ3n) is 2.66. The molecular formula is C15H16N2O2. The van der Waals surface area contributed by atoms with Crippen LogP contribution >= 0.6 is 0 Å². The van der Waals surface area contributed by atoms with Crippen molar-refractivity contribution in [1.82, 2.24) is 4.98 Å². The lowest BCUT2D eigenvalue weighted by Gasteiger charge is -2.06. The number of benzene rings is 1. The first-order valence-electron chi connectivity index (χ1n) is 6.02. The third kappa shape index (κ3) is 3.81. The predicted octanol–water partition coefficient (Wildman–Crippen LogP) is 2.58. The molecule has 0 radical (unpaired) electrons. The van der Waals surface area contributed by atoms with Gasteiger partial charge in [0.15, 0.2) is 0 Å². The number of carbonyl (C=O) groups excluding carboxylic acids is 1. The fourth-order valence-corrected chi connectivity index (χ4v) is 1.80. The highest BCUT2D eigenvalue weighted by atomic mass is 16.5. The summed E-state index contributed by atoms with van der Waals surface area (Å²) in [5, 5.41) is 2.83. The van der Waals surface area contributed by atoms with Gasteiger partial charge in [-0.2, -0.15) is 0 Å². The predicted molar refractivity (Wildman–Crippen MR) is 74.3 cm³/mol. The molecule has 0 atom stereocenters. The Morgan fingerprint density at radius 1 is 1.32 bits per heavy atom. The zero-order chi connectivity index (χ0) is 13.7. The van der Waals surface area contributed by atoms with Crippen LogP contribution in [-0.2, 0) is 11.2 Å². The molecule has 2 aromatic rings. The number of hydrogen-bond donors (Lipinski definition) is 1. The molecule has 0 saturated heterocycles. The van der Waals surface area contributed by atoms with Crippen LogP contribution in [0, 0.1) is 6.92 Å². The molecule has 0 aliphatic heterocycles. The van der Waals surface area contributed by atoms with Gasteiger partial charge in [0.1, 0.15) is 5.75 Å². The molecule has 2 rings (SSSR count). The van der Waals surface area contributed by atoms with Crippen molar-refractivity contribution in [1.29, 1.82) is 0 Å². The number of carbonyl (C=O) groups is 1. The Kier molecular flexibility index (Phi) is 4.13. The molecule has 98 valence electrons. The minimum Gasteiger partial charge on any atom is -0.497 e. The summed E-state index contributed by atoms with van der Waals surface area (Å²) in [6.07, 6.45) is 3.69. The zero-order valence-corrected chi connectivity index (χ0v) is 11.0. The first kappa shape index (κ1) is 13.1. The quantitative estimate of drug-likeness (QED) is 0.914. The fraction of sp³-hybridized carbons (Fsp3) is 0.200. The van der Waals surface area contributed by atoms with E-state index in [0.29, 0.717) is 12.1 Å². The number of aromatic nitrogens is 1. The average Bonchev–Trinajstić information content (AvgIpc) is 2.38. The number of ether oxygens (including phenoxy) is 1. The Hall–Kier alpha value is -2.36. The van der Waals surface area contributed by atoms with Gasteiger partial charge in [-0.1, -0.05) is 12.1 Å². The summed E-state index contributed by atoms with van der Waals surface area (Å²) in [7, 11) is 1.61. The van der Waals surface area contributed by atoms with E-state index < -0.39 is 0 Å². The molecule has 4 heteroatoms. The summed E-state index contributed by atoms with van der Waals surface area (Å²) in [6, 6.07) is 9.36. The third-order valence-corrected chi connectivity index (χ3v) is 2.66. The van der Waals surface area contributed by atoms with E-state index in [2.05, 4.69) is 10.3 Å². The molecule has 0 fully saturated rings. The molecule has 1 N–H and O–H groups in total. The van der Waals surface area contributed by atoms with E-state index >= 15 is 0 Å². The van der Waals surface area contributed by atoms with Crippen molar-refractivity contribution in [2.24, 2.45) is 0 Å². The SMILES string of the molecule is COc1cccc(CC(=O)Nc2cncc(C)c2)c1. The van der Waals surface area contributed by atoms with Crippen LogP contribution in [0.5, 0.6) is 5.75 Å². The standard InChI is InChI=1S/C15H16N2O2/c1-11-6-13(10-16-9-11)17-15(18)8-12-4-3-5-14(7-12)19-2/h3-7,9-10H,8H2,1-2H3,(H,17,18). The molecular weight excluding hydrogens is 240 g/mol. The van der Waals surface area contributed by atoms with Crippen molar-refractivity contribution < 1.29 is 9.53 Å². The van der Waals surface area contributed by atoms with Crippen LogP contribution in [0.1, 0.15) is 11.1 Å². The van der Waals surface area contributed by atoms with Gasteiger partial charge in [0.25, 0.3) is 0 Å². The summed E-state index contributed by atoms with van der Waals surface area (Å²) < 4.78 is 5.13. The largest absolute Gasteiger partial charge is 0.497 e. The Bertz CT molecular complexity index is 582. The van der Waals surface area contributed by atoms with E-state index in [4.69, 9.17) is 4.74 Å². The lowest BCUT2D eigenvalue weighted by Crippen LogP contribution is -2.14. The number of amides is 1. The monoisotopic (exact) mass is 256 g/mol. The van der Waals surface area contributed by atoms with Crippen molar-refractivity contribution in [3.8, 4) is 5.75 Å². The maximum Gasteiger partial charge on any atom is 0.228 e. The number of nitrogens with zero attached hydrogens (tertiary/aromatic N) is 1. The first-order chi connectivity index (χ1) is 9.17. The minimum absolute atomic E-state index is 0.0688. The van der Waals surface area contributed by atoms with E-state index in [1.165, 1.54) is 0 Å². The summed E-state index contributed by atoms with van der Waals surface area (Å²) in [5.74, 6) is 0.683. The number of nitrogens with one attached hydrogen (secondary N) is 1. The molecule has 1 amide bonds. The van der Waals surface area contributed by atoms with Crippen LogP contribution < -0.4 is 10.1 Å². The van der Waals surface area contributed by atoms with Gasteiger partial charge in [-0.05, 0) is 36.2 Å². The molecule has 1 aromatic heterocycles. The van der Waals surface area contributed by atoms with Gasteiger partial charge >= 0.3 is 0 Å². The molecule has 0 aliphatic rings. The van der Waals surface area contributed by atoms with Gasteiger partial charge in [-0.3, -0.25) is 9.78 Å². The summed E-state index contributed by atoms with van der Waals surface area (Å²) in [5.41, 5.74) is 2.64. The number of pyridine rings is 1. The van der Waals surface area contributed by atoms with Gasteiger partial charge in [0.05, 0.1) is 25.4 Å². The van der Waals surface area contributed by atoms with Crippen molar-refractivity contribution in [3.05, 3.63) is 53.9 Å². The molecule has 1 aromatic carbocycles. The normalized spacial score (nSPS) is 10.0. The number of hydrogen-bond acceptors (Lipinski definition) is 3. The van der Waals surface area contributed by atoms with Crippen LogP contribution in [0.25, 0.3) is 0 Å². The van der Waals surface area contributed by atoms with Gasteiger partial charge in [-0.15, -0.1) is 0 Å². The van der Waals surface area contributed by atoms with Crippen molar-refractivity contribution >= 4 is 11.6 Å². The topological polar surface area (TPSA) is 51.2 Å². The van der Waals surface area contributed by atoms with Gasteiger partial charge in [-0.25, -0.2) is 0 Å². The Morgan fingerprint density at radius 2 is 2.16 bits per heavy atom. The highest BCUT2D eigenvalue weighted by Gasteiger charge is 2.05. The highest BCUT2D eigenvalue weighted by Crippen LogP contribution is 2.14. The second kappa shape index (κ2) is 6.00. The van der Waals surface area contributed by atoms with E-state index in [-0.39, 0.29) is 5.91 Å².